The number of benzene rings is 2. The minimum absolute atomic E-state index is 0.0188. The average Bonchev–Trinajstić information content (AvgIpc) is 2.56. The zero-order valence-electron chi connectivity index (χ0n) is 13.8. The Labute approximate surface area is 147 Å². The number of methoxy groups -OCH3 is 1. The van der Waals surface area contributed by atoms with Crippen LogP contribution in [0.1, 0.15) is 11.1 Å². The van der Waals surface area contributed by atoms with Crippen LogP contribution in [0.15, 0.2) is 47.5 Å². The first-order chi connectivity index (χ1) is 12.3. The van der Waals surface area contributed by atoms with Crippen LogP contribution >= 0.6 is 0 Å². The molecule has 0 aliphatic carbocycles. The summed E-state index contributed by atoms with van der Waals surface area (Å²) < 4.78 is 59.6. The first-order valence-corrected chi connectivity index (χ1v) is 7.46. The van der Waals surface area contributed by atoms with Crippen LogP contribution in [0.3, 0.4) is 0 Å². The smallest absolute Gasteiger partial charge is 0.404 e. The fourth-order valence-corrected chi connectivity index (χ4v) is 2.13. The van der Waals surface area contributed by atoms with Crippen molar-refractivity contribution in [2.75, 3.05) is 12.4 Å². The first kappa shape index (κ1) is 19.5. The van der Waals surface area contributed by atoms with E-state index in [4.69, 9.17) is 10.5 Å². The van der Waals surface area contributed by atoms with Crippen LogP contribution in [0, 0.1) is 5.82 Å². The summed E-state index contributed by atoms with van der Waals surface area (Å²) in [6.45, 7) is 0.220. The minimum Gasteiger partial charge on any atom is -0.404 e. The van der Waals surface area contributed by atoms with Crippen LogP contribution in [-0.2, 0) is 17.9 Å². The summed E-state index contributed by atoms with van der Waals surface area (Å²) in [6.07, 6.45) is -4.82. The lowest BCUT2D eigenvalue weighted by molar-refractivity contribution is -0.274. The van der Waals surface area contributed by atoms with Crippen LogP contribution in [0.4, 0.5) is 23.2 Å². The maximum absolute atomic E-state index is 13.6. The van der Waals surface area contributed by atoms with E-state index in [2.05, 4.69) is 15.0 Å². The average molecular weight is 371 g/mol. The largest absolute Gasteiger partial charge is 0.573 e. The number of hydrogen-bond acceptors (Lipinski definition) is 3. The molecule has 3 N–H and O–H groups in total. The number of anilines is 1. The summed E-state index contributed by atoms with van der Waals surface area (Å²) in [4.78, 5) is 4.04. The molecule has 0 bridgehead atoms. The molecule has 9 heteroatoms. The van der Waals surface area contributed by atoms with E-state index in [1.807, 2.05) is 0 Å². The van der Waals surface area contributed by atoms with Gasteiger partial charge in [-0.3, -0.25) is 0 Å². The van der Waals surface area contributed by atoms with Crippen molar-refractivity contribution >= 4 is 11.6 Å². The van der Waals surface area contributed by atoms with Gasteiger partial charge < -0.3 is 20.5 Å². The van der Waals surface area contributed by atoms with Gasteiger partial charge in [0.25, 0.3) is 0 Å². The quantitative estimate of drug-likeness (QED) is 0.460. The number of rotatable bonds is 6. The Bertz CT molecular complexity index is 779. The summed E-state index contributed by atoms with van der Waals surface area (Å²) in [5.41, 5.74) is 6.78. The molecule has 2 rings (SSSR count). The number of aliphatic imine (C=N–C) groups is 1. The number of ether oxygens (including phenoxy) is 2. The first-order valence-electron chi connectivity index (χ1n) is 7.46. The Balaban J connectivity index is 2.09. The van der Waals surface area contributed by atoms with Gasteiger partial charge in [0.05, 0.1) is 18.8 Å². The van der Waals surface area contributed by atoms with Gasteiger partial charge in [-0.05, 0) is 29.8 Å². The van der Waals surface area contributed by atoms with Crippen molar-refractivity contribution in [2.45, 2.75) is 19.5 Å². The second-order valence-electron chi connectivity index (χ2n) is 5.23. The highest BCUT2D eigenvalue weighted by Crippen LogP contribution is 2.29. The number of hydrogen-bond donors (Lipinski definition) is 2. The number of halogens is 4. The Kier molecular flexibility index (Phi) is 6.40. The number of nitrogens with one attached hydrogen (secondary N) is 1. The van der Waals surface area contributed by atoms with E-state index in [1.54, 1.807) is 6.07 Å². The van der Waals surface area contributed by atoms with Crippen LogP contribution < -0.4 is 15.8 Å². The number of para-hydroxylation sites is 2. The Morgan fingerprint density at radius 3 is 2.62 bits per heavy atom. The normalized spacial score (nSPS) is 12.1. The second-order valence-corrected chi connectivity index (χ2v) is 5.23. The molecule has 0 heterocycles. The molecule has 0 aliphatic rings. The minimum atomic E-state index is -4.82. The van der Waals surface area contributed by atoms with Gasteiger partial charge in [-0.1, -0.05) is 18.2 Å². The van der Waals surface area contributed by atoms with Crippen molar-refractivity contribution < 1.29 is 27.0 Å². The van der Waals surface area contributed by atoms with E-state index >= 15 is 0 Å². The summed E-state index contributed by atoms with van der Waals surface area (Å²) in [5, 5.41) is 2.56. The lowest BCUT2D eigenvalue weighted by Crippen LogP contribution is -2.24. The Hall–Kier alpha value is -2.81. The van der Waals surface area contributed by atoms with Crippen molar-refractivity contribution in [1.29, 1.82) is 0 Å². The van der Waals surface area contributed by atoms with E-state index < -0.39 is 17.9 Å². The molecule has 2 aromatic rings. The van der Waals surface area contributed by atoms with Gasteiger partial charge in [0, 0.05) is 12.7 Å². The summed E-state index contributed by atoms with van der Waals surface area (Å²) >= 11 is 0. The SMILES string of the molecule is COCc1cc(CN=C(N)Nc2ccccc2OC(F)(F)F)ccc1F. The highest BCUT2D eigenvalue weighted by atomic mass is 19.4. The maximum atomic E-state index is 13.6. The van der Waals surface area contributed by atoms with Crippen molar-refractivity contribution in [1.82, 2.24) is 0 Å². The van der Waals surface area contributed by atoms with Crippen LogP contribution in [0.25, 0.3) is 0 Å². The topological polar surface area (TPSA) is 68.9 Å². The van der Waals surface area contributed by atoms with Crippen molar-refractivity contribution in [3.63, 3.8) is 0 Å². The third kappa shape index (κ3) is 5.92. The van der Waals surface area contributed by atoms with E-state index in [1.165, 1.54) is 37.4 Å². The standard InChI is InChI=1S/C17H17F4N3O2/c1-25-10-12-8-11(6-7-13(12)18)9-23-16(22)24-14-4-2-3-5-15(14)26-17(19,20)21/h2-8H,9-10H2,1H3,(H3,22,23,24). The molecule has 0 saturated heterocycles. The molecule has 0 spiro atoms. The van der Waals surface area contributed by atoms with Gasteiger partial charge in [0.2, 0.25) is 0 Å². The summed E-state index contributed by atoms with van der Waals surface area (Å²) in [6, 6.07) is 9.85. The third-order valence-corrected chi connectivity index (χ3v) is 3.22. The summed E-state index contributed by atoms with van der Waals surface area (Å²) in [5.74, 6) is -0.938. The van der Waals surface area contributed by atoms with Crippen molar-refractivity contribution in [2.24, 2.45) is 10.7 Å². The van der Waals surface area contributed by atoms with Gasteiger partial charge in [-0.2, -0.15) is 0 Å². The predicted molar refractivity (Wildman–Crippen MR) is 89.2 cm³/mol. The lowest BCUT2D eigenvalue weighted by Gasteiger charge is -2.14. The molecule has 0 unspecified atom stereocenters. The van der Waals surface area contributed by atoms with Gasteiger partial charge in [-0.25, -0.2) is 9.38 Å². The lowest BCUT2D eigenvalue weighted by atomic mass is 10.1. The number of alkyl halides is 3. The van der Waals surface area contributed by atoms with E-state index in [0.29, 0.717) is 11.1 Å². The van der Waals surface area contributed by atoms with Crippen molar-refractivity contribution in [3.8, 4) is 5.75 Å². The molecule has 26 heavy (non-hydrogen) atoms. The van der Waals surface area contributed by atoms with Gasteiger partial charge >= 0.3 is 6.36 Å². The molecular formula is C17H17F4N3O2. The molecule has 0 aliphatic heterocycles. The van der Waals surface area contributed by atoms with Gasteiger partial charge in [-0.15, -0.1) is 13.2 Å². The third-order valence-electron chi connectivity index (χ3n) is 3.22. The van der Waals surface area contributed by atoms with Gasteiger partial charge in [0.15, 0.2) is 11.7 Å². The number of nitrogens with zero attached hydrogens (tertiary/aromatic N) is 1. The zero-order valence-corrected chi connectivity index (χ0v) is 13.8. The summed E-state index contributed by atoms with van der Waals surface area (Å²) in [7, 11) is 1.45. The molecule has 5 nitrogen and oxygen atoms in total. The van der Waals surface area contributed by atoms with E-state index in [0.717, 1.165) is 6.07 Å². The molecule has 140 valence electrons. The van der Waals surface area contributed by atoms with Gasteiger partial charge in [0.1, 0.15) is 5.82 Å². The fourth-order valence-electron chi connectivity index (χ4n) is 2.13. The van der Waals surface area contributed by atoms with Crippen molar-refractivity contribution in [3.05, 3.63) is 59.4 Å². The molecule has 0 aromatic heterocycles. The molecule has 0 saturated carbocycles. The number of nitrogens with two attached hydrogens (primary N) is 1. The molecule has 0 radical (unpaired) electrons. The van der Waals surface area contributed by atoms with Crippen LogP contribution in [-0.4, -0.2) is 19.4 Å². The van der Waals surface area contributed by atoms with E-state index in [9.17, 15) is 17.6 Å². The molecule has 0 fully saturated rings. The second kappa shape index (κ2) is 8.52. The molecule has 0 amide bonds. The maximum Gasteiger partial charge on any atom is 0.573 e. The molecular weight excluding hydrogens is 354 g/mol. The van der Waals surface area contributed by atoms with Crippen LogP contribution in [0.2, 0.25) is 0 Å². The van der Waals surface area contributed by atoms with Crippen LogP contribution in [0.5, 0.6) is 5.75 Å². The predicted octanol–water partition coefficient (Wildman–Crippen LogP) is 3.80. The van der Waals surface area contributed by atoms with E-state index in [-0.39, 0.29) is 24.8 Å². The monoisotopic (exact) mass is 371 g/mol. The highest BCUT2D eigenvalue weighted by Gasteiger charge is 2.32. The zero-order chi connectivity index (χ0) is 19.2. The Morgan fingerprint density at radius 1 is 1.19 bits per heavy atom. The highest BCUT2D eigenvalue weighted by molar-refractivity contribution is 5.93. The Morgan fingerprint density at radius 2 is 1.92 bits per heavy atom. The number of guanidine groups is 1. The molecule has 0 atom stereocenters. The fraction of sp³-hybridized carbons (Fsp3) is 0.235. The molecule has 2 aromatic carbocycles.